The maximum absolute atomic E-state index is 10.8. The monoisotopic (exact) mass is 294 g/mol. The van der Waals surface area contributed by atoms with Crippen LogP contribution in [0.3, 0.4) is 0 Å². The van der Waals surface area contributed by atoms with Crippen LogP contribution in [0.4, 0.5) is 5.69 Å². The van der Waals surface area contributed by atoms with E-state index in [1.54, 1.807) is 0 Å². The van der Waals surface area contributed by atoms with E-state index in [-0.39, 0.29) is 11.4 Å². The number of pyridine rings is 1. The molecule has 5 heteroatoms. The first kappa shape index (κ1) is 12.1. The number of halogens is 1. The van der Waals surface area contributed by atoms with E-state index in [0.717, 1.165) is 12.8 Å². The zero-order chi connectivity index (χ0) is 12.3. The minimum atomic E-state index is -0.448. The highest BCUT2D eigenvalue weighted by molar-refractivity contribution is 9.10. The summed E-state index contributed by atoms with van der Waals surface area (Å²) in [6.45, 7) is 0. The fraction of sp³-hybridized carbons (Fsp3) is 0.417. The van der Waals surface area contributed by atoms with Gasteiger partial charge in [0.2, 0.25) is 0 Å². The van der Waals surface area contributed by atoms with Gasteiger partial charge in [-0.05, 0) is 34.7 Å². The first-order valence-electron chi connectivity index (χ1n) is 5.48. The van der Waals surface area contributed by atoms with Crippen molar-refractivity contribution >= 4 is 21.6 Å². The first-order valence-corrected chi connectivity index (χ1v) is 6.27. The molecule has 0 atom stereocenters. The molecule has 0 spiro atoms. The quantitative estimate of drug-likeness (QED) is 0.454. The maximum Gasteiger partial charge on any atom is 0.304 e. The smallest absolute Gasteiger partial charge is 0.258 e. The second-order valence-corrected chi connectivity index (χ2v) is 4.94. The average Bonchev–Trinajstić information content (AvgIpc) is 2.80. The van der Waals surface area contributed by atoms with Crippen molar-refractivity contribution in [2.75, 3.05) is 0 Å². The van der Waals surface area contributed by atoms with Gasteiger partial charge in [0.15, 0.2) is 5.69 Å². The zero-order valence-corrected chi connectivity index (χ0v) is 10.7. The summed E-state index contributed by atoms with van der Waals surface area (Å²) in [4.78, 5) is 14.4. The summed E-state index contributed by atoms with van der Waals surface area (Å²) >= 11 is 3.17. The average molecular weight is 295 g/mol. The van der Waals surface area contributed by atoms with Crippen LogP contribution >= 0.6 is 15.9 Å². The normalized spacial score (nSPS) is 15.4. The molecule has 88 valence electrons. The van der Waals surface area contributed by atoms with E-state index in [4.69, 9.17) is 0 Å². The third kappa shape index (κ3) is 3.04. The minimum absolute atomic E-state index is 0.0372. The van der Waals surface area contributed by atoms with Gasteiger partial charge in [0.1, 0.15) is 0 Å². The van der Waals surface area contributed by atoms with Gasteiger partial charge in [-0.25, -0.2) is 4.98 Å². The fourth-order valence-electron chi connectivity index (χ4n) is 1.90. The summed E-state index contributed by atoms with van der Waals surface area (Å²) in [6, 6.07) is 1.44. The Balaban J connectivity index is 2.28. The first-order chi connectivity index (χ1) is 8.16. The summed E-state index contributed by atoms with van der Waals surface area (Å²) in [7, 11) is 0. The maximum atomic E-state index is 10.8. The lowest BCUT2D eigenvalue weighted by molar-refractivity contribution is -0.385. The molecule has 1 saturated carbocycles. The Morgan fingerprint density at radius 1 is 1.47 bits per heavy atom. The lowest BCUT2D eigenvalue weighted by atomic mass is 10.1. The SMILES string of the molecule is O=[N+]([O-])c1cc(Br)cnc1C#CC1CCCC1. The summed E-state index contributed by atoms with van der Waals surface area (Å²) in [5.41, 5.74) is 0.218. The molecule has 17 heavy (non-hydrogen) atoms. The van der Waals surface area contributed by atoms with Gasteiger partial charge in [0.05, 0.1) is 4.92 Å². The van der Waals surface area contributed by atoms with Gasteiger partial charge in [-0.2, -0.15) is 0 Å². The van der Waals surface area contributed by atoms with Crippen molar-refractivity contribution in [1.82, 2.24) is 4.98 Å². The van der Waals surface area contributed by atoms with Crippen molar-refractivity contribution in [3.8, 4) is 11.8 Å². The molecule has 1 heterocycles. The van der Waals surface area contributed by atoms with Crippen molar-refractivity contribution in [3.63, 3.8) is 0 Å². The van der Waals surface area contributed by atoms with Crippen LogP contribution in [0.2, 0.25) is 0 Å². The van der Waals surface area contributed by atoms with Crippen molar-refractivity contribution in [2.24, 2.45) is 5.92 Å². The molecular weight excluding hydrogens is 284 g/mol. The Labute approximate surface area is 108 Å². The van der Waals surface area contributed by atoms with Gasteiger partial charge in [-0.15, -0.1) is 0 Å². The molecule has 0 unspecified atom stereocenters. The van der Waals surface area contributed by atoms with Gasteiger partial charge >= 0.3 is 5.69 Å². The third-order valence-corrected chi connectivity index (χ3v) is 3.21. The Hall–Kier alpha value is -1.41. The zero-order valence-electron chi connectivity index (χ0n) is 9.15. The van der Waals surface area contributed by atoms with Gasteiger partial charge in [0.25, 0.3) is 0 Å². The van der Waals surface area contributed by atoms with Crippen LogP contribution < -0.4 is 0 Å². The third-order valence-electron chi connectivity index (χ3n) is 2.78. The van der Waals surface area contributed by atoms with Gasteiger partial charge < -0.3 is 0 Å². The Morgan fingerprint density at radius 2 is 2.18 bits per heavy atom. The van der Waals surface area contributed by atoms with E-state index in [2.05, 4.69) is 32.8 Å². The van der Waals surface area contributed by atoms with Crippen LogP contribution in [0.25, 0.3) is 0 Å². The summed E-state index contributed by atoms with van der Waals surface area (Å²) in [6.07, 6.45) is 6.13. The second-order valence-electron chi connectivity index (χ2n) is 4.03. The molecule has 0 radical (unpaired) electrons. The Kier molecular flexibility index (Phi) is 3.75. The number of nitrogens with zero attached hydrogens (tertiary/aromatic N) is 2. The van der Waals surface area contributed by atoms with Crippen molar-refractivity contribution in [1.29, 1.82) is 0 Å². The van der Waals surface area contributed by atoms with E-state index >= 15 is 0 Å². The number of aromatic nitrogens is 1. The summed E-state index contributed by atoms with van der Waals surface area (Å²) in [5.74, 6) is 6.30. The van der Waals surface area contributed by atoms with Crippen LogP contribution in [0.5, 0.6) is 0 Å². The predicted molar refractivity (Wildman–Crippen MR) is 67.4 cm³/mol. The van der Waals surface area contributed by atoms with Crippen LogP contribution in [-0.2, 0) is 0 Å². The Bertz CT molecular complexity index is 499. The number of rotatable bonds is 1. The molecule has 2 rings (SSSR count). The standard InChI is InChI=1S/C12H11BrN2O2/c13-10-7-12(15(16)17)11(14-8-10)6-5-9-3-1-2-4-9/h7-9H,1-4H2. The van der Waals surface area contributed by atoms with E-state index in [1.807, 2.05) is 0 Å². The van der Waals surface area contributed by atoms with Gasteiger partial charge in [-0.1, -0.05) is 18.8 Å². The van der Waals surface area contributed by atoms with E-state index in [0.29, 0.717) is 10.4 Å². The van der Waals surface area contributed by atoms with Crippen molar-refractivity contribution < 1.29 is 4.92 Å². The molecular formula is C12H11BrN2O2. The molecule has 1 aromatic heterocycles. The van der Waals surface area contributed by atoms with Crippen LogP contribution in [0, 0.1) is 27.9 Å². The topological polar surface area (TPSA) is 56.0 Å². The summed E-state index contributed by atoms with van der Waals surface area (Å²) < 4.78 is 0.593. The molecule has 1 fully saturated rings. The molecule has 1 aliphatic carbocycles. The highest BCUT2D eigenvalue weighted by Gasteiger charge is 2.15. The minimum Gasteiger partial charge on any atom is -0.258 e. The lowest BCUT2D eigenvalue weighted by Gasteiger charge is -1.97. The van der Waals surface area contributed by atoms with Crippen LogP contribution in [0.15, 0.2) is 16.7 Å². The molecule has 0 amide bonds. The second kappa shape index (κ2) is 5.28. The predicted octanol–water partition coefficient (Wildman–Crippen LogP) is 3.29. The Morgan fingerprint density at radius 3 is 2.82 bits per heavy atom. The van der Waals surface area contributed by atoms with Crippen LogP contribution in [0.1, 0.15) is 31.4 Å². The molecule has 1 aromatic rings. The van der Waals surface area contributed by atoms with E-state index in [1.165, 1.54) is 25.1 Å². The molecule has 0 aliphatic heterocycles. The largest absolute Gasteiger partial charge is 0.304 e. The van der Waals surface area contributed by atoms with E-state index in [9.17, 15) is 10.1 Å². The van der Waals surface area contributed by atoms with Crippen molar-refractivity contribution in [2.45, 2.75) is 25.7 Å². The number of nitro groups is 1. The van der Waals surface area contributed by atoms with Crippen molar-refractivity contribution in [3.05, 3.63) is 32.5 Å². The molecule has 0 saturated heterocycles. The van der Waals surface area contributed by atoms with Gasteiger partial charge in [-0.3, -0.25) is 10.1 Å². The lowest BCUT2D eigenvalue weighted by Crippen LogP contribution is -1.96. The molecule has 4 nitrogen and oxygen atoms in total. The van der Waals surface area contributed by atoms with Gasteiger partial charge in [0, 0.05) is 22.7 Å². The molecule has 0 aromatic carbocycles. The molecule has 0 N–H and O–H groups in total. The highest BCUT2D eigenvalue weighted by atomic mass is 79.9. The molecule has 0 bridgehead atoms. The fourth-order valence-corrected chi connectivity index (χ4v) is 2.22. The molecule has 1 aliphatic rings. The van der Waals surface area contributed by atoms with Crippen LogP contribution in [-0.4, -0.2) is 9.91 Å². The number of hydrogen-bond acceptors (Lipinski definition) is 3. The summed E-state index contributed by atoms with van der Waals surface area (Å²) in [5, 5.41) is 10.8. The number of hydrogen-bond donors (Lipinski definition) is 0. The highest BCUT2D eigenvalue weighted by Crippen LogP contribution is 2.24. The van der Waals surface area contributed by atoms with E-state index < -0.39 is 4.92 Å².